The van der Waals surface area contributed by atoms with Gasteiger partial charge in [-0.3, -0.25) is 4.79 Å². The standard InChI is InChI=1S/C23H33N5O5S/c1-14-10-28(11-15(2)32-14)19-9-7-8-16(24-19)18-13-34-21(25-18)27-20(29)17(12-31-6)26-22(30)33-23(3,4)5/h7-9,13-15,17H,10-12H2,1-6H3,(H,26,30)(H,25,27,29)/t14-,15+,17?. The number of hydrogen-bond donors (Lipinski definition) is 2. The van der Waals surface area contributed by atoms with Crippen molar-refractivity contribution in [2.45, 2.75) is 58.5 Å². The molecule has 3 rings (SSSR count). The average Bonchev–Trinajstić information content (AvgIpc) is 3.20. The first-order valence-corrected chi connectivity index (χ1v) is 12.0. The molecule has 3 atom stereocenters. The summed E-state index contributed by atoms with van der Waals surface area (Å²) in [6.07, 6.45) is -0.438. The van der Waals surface area contributed by atoms with Crippen molar-refractivity contribution in [3.63, 3.8) is 0 Å². The van der Waals surface area contributed by atoms with E-state index in [0.29, 0.717) is 16.5 Å². The number of rotatable bonds is 7. The summed E-state index contributed by atoms with van der Waals surface area (Å²) < 4.78 is 16.1. The third kappa shape index (κ3) is 7.37. The van der Waals surface area contributed by atoms with E-state index in [1.54, 1.807) is 20.8 Å². The molecule has 2 aromatic rings. The number of nitrogens with one attached hydrogen (secondary N) is 2. The summed E-state index contributed by atoms with van der Waals surface area (Å²) in [5.74, 6) is 0.409. The lowest BCUT2D eigenvalue weighted by atomic mass is 10.2. The lowest BCUT2D eigenvalue weighted by Crippen LogP contribution is -2.48. The van der Waals surface area contributed by atoms with E-state index in [0.717, 1.165) is 18.9 Å². The van der Waals surface area contributed by atoms with Gasteiger partial charge in [-0.05, 0) is 46.8 Å². The topological polar surface area (TPSA) is 115 Å². The van der Waals surface area contributed by atoms with Gasteiger partial charge in [0.15, 0.2) is 5.13 Å². The average molecular weight is 492 g/mol. The van der Waals surface area contributed by atoms with Crippen LogP contribution >= 0.6 is 11.3 Å². The molecule has 1 fully saturated rings. The quantitative estimate of drug-likeness (QED) is 0.606. The molecular weight excluding hydrogens is 458 g/mol. The minimum Gasteiger partial charge on any atom is -0.444 e. The van der Waals surface area contributed by atoms with Crippen LogP contribution < -0.4 is 15.5 Å². The molecule has 0 aliphatic carbocycles. The lowest BCUT2D eigenvalue weighted by Gasteiger charge is -2.36. The SMILES string of the molecule is COCC(NC(=O)OC(C)(C)C)C(=O)Nc1nc(-c2cccc(N3C[C@@H](C)O[C@@H](C)C3)n2)cs1. The maximum Gasteiger partial charge on any atom is 0.408 e. The van der Waals surface area contributed by atoms with Crippen LogP contribution in [-0.2, 0) is 19.0 Å². The van der Waals surface area contributed by atoms with Gasteiger partial charge in [0.05, 0.1) is 24.5 Å². The van der Waals surface area contributed by atoms with Gasteiger partial charge >= 0.3 is 6.09 Å². The van der Waals surface area contributed by atoms with Gasteiger partial charge in [0, 0.05) is 25.6 Å². The highest BCUT2D eigenvalue weighted by atomic mass is 32.1. The summed E-state index contributed by atoms with van der Waals surface area (Å²) >= 11 is 1.28. The molecule has 0 spiro atoms. The second-order valence-corrected chi connectivity index (χ2v) is 10.1. The number of anilines is 2. The maximum atomic E-state index is 12.7. The van der Waals surface area contributed by atoms with Crippen LogP contribution in [-0.4, -0.2) is 72.6 Å². The molecule has 2 aromatic heterocycles. The fourth-order valence-electron chi connectivity index (χ4n) is 3.55. The van der Waals surface area contributed by atoms with E-state index in [4.69, 9.17) is 19.2 Å². The molecule has 34 heavy (non-hydrogen) atoms. The van der Waals surface area contributed by atoms with Crippen molar-refractivity contribution >= 4 is 34.3 Å². The van der Waals surface area contributed by atoms with E-state index in [1.165, 1.54) is 18.4 Å². The number of carbonyl (C=O) groups excluding carboxylic acids is 2. The van der Waals surface area contributed by atoms with Crippen LogP contribution in [0.3, 0.4) is 0 Å². The van der Waals surface area contributed by atoms with E-state index >= 15 is 0 Å². The number of alkyl carbamates (subject to hydrolysis) is 1. The molecule has 3 heterocycles. The van der Waals surface area contributed by atoms with Crippen LogP contribution in [0.1, 0.15) is 34.6 Å². The van der Waals surface area contributed by atoms with Gasteiger partial charge in [-0.2, -0.15) is 0 Å². The number of amides is 2. The van der Waals surface area contributed by atoms with Crippen LogP contribution in [0.2, 0.25) is 0 Å². The van der Waals surface area contributed by atoms with Gasteiger partial charge in [-0.15, -0.1) is 11.3 Å². The Morgan fingerprint density at radius 1 is 1.21 bits per heavy atom. The highest BCUT2D eigenvalue weighted by molar-refractivity contribution is 7.14. The molecule has 10 nitrogen and oxygen atoms in total. The van der Waals surface area contributed by atoms with Crippen LogP contribution in [0, 0.1) is 0 Å². The molecule has 2 N–H and O–H groups in total. The number of morpholine rings is 1. The predicted molar refractivity (Wildman–Crippen MR) is 131 cm³/mol. The zero-order valence-electron chi connectivity index (χ0n) is 20.5. The van der Waals surface area contributed by atoms with Gasteiger partial charge in [-0.1, -0.05) is 6.07 Å². The number of hydrogen-bond acceptors (Lipinski definition) is 9. The Balaban J connectivity index is 1.67. The van der Waals surface area contributed by atoms with Crippen molar-refractivity contribution in [3.05, 3.63) is 23.6 Å². The van der Waals surface area contributed by atoms with Crippen molar-refractivity contribution in [1.82, 2.24) is 15.3 Å². The highest BCUT2D eigenvalue weighted by Gasteiger charge is 2.26. The van der Waals surface area contributed by atoms with Crippen LogP contribution in [0.5, 0.6) is 0 Å². The lowest BCUT2D eigenvalue weighted by molar-refractivity contribution is -0.119. The summed E-state index contributed by atoms with van der Waals surface area (Å²) in [6, 6.07) is 4.87. The first kappa shape index (κ1) is 25.9. The molecule has 1 unspecified atom stereocenters. The van der Waals surface area contributed by atoms with Gasteiger partial charge in [-0.25, -0.2) is 14.8 Å². The molecule has 1 aliphatic heterocycles. The van der Waals surface area contributed by atoms with Crippen LogP contribution in [0.15, 0.2) is 23.6 Å². The number of carbonyl (C=O) groups is 2. The molecular formula is C23H33N5O5S. The van der Waals surface area contributed by atoms with Gasteiger partial charge in [0.2, 0.25) is 0 Å². The summed E-state index contributed by atoms with van der Waals surface area (Å²) in [5.41, 5.74) is 0.683. The van der Waals surface area contributed by atoms with Crippen molar-refractivity contribution in [1.29, 1.82) is 0 Å². The monoisotopic (exact) mass is 491 g/mol. The summed E-state index contributed by atoms with van der Waals surface area (Å²) in [7, 11) is 1.45. The Labute approximate surface area is 204 Å². The number of pyridine rings is 1. The molecule has 186 valence electrons. The van der Waals surface area contributed by atoms with E-state index < -0.39 is 23.6 Å². The molecule has 0 bridgehead atoms. The Kier molecular flexibility index (Phi) is 8.45. The minimum absolute atomic E-state index is 0.0106. The second kappa shape index (κ2) is 11.1. The van der Waals surface area contributed by atoms with Gasteiger partial charge in [0.1, 0.15) is 23.2 Å². The zero-order valence-corrected chi connectivity index (χ0v) is 21.3. The first-order valence-electron chi connectivity index (χ1n) is 11.2. The van der Waals surface area contributed by atoms with Crippen molar-refractivity contribution in [3.8, 4) is 11.4 Å². The fraction of sp³-hybridized carbons (Fsp3) is 0.565. The largest absolute Gasteiger partial charge is 0.444 e. The normalized spacial score (nSPS) is 19.4. The van der Waals surface area contributed by atoms with E-state index in [9.17, 15) is 9.59 Å². The molecule has 0 radical (unpaired) electrons. The number of ether oxygens (including phenoxy) is 3. The molecule has 11 heteroatoms. The van der Waals surface area contributed by atoms with Gasteiger partial charge in [0.25, 0.3) is 5.91 Å². The molecule has 0 saturated carbocycles. The first-order chi connectivity index (χ1) is 16.0. The third-order valence-electron chi connectivity index (χ3n) is 4.82. The Morgan fingerprint density at radius 3 is 2.56 bits per heavy atom. The van der Waals surface area contributed by atoms with Crippen molar-refractivity contribution in [2.24, 2.45) is 0 Å². The molecule has 1 aliphatic rings. The second-order valence-electron chi connectivity index (χ2n) is 9.22. The summed E-state index contributed by atoms with van der Waals surface area (Å²) in [4.78, 5) is 36.3. The molecule has 1 saturated heterocycles. The Morgan fingerprint density at radius 2 is 1.91 bits per heavy atom. The highest BCUT2D eigenvalue weighted by Crippen LogP contribution is 2.26. The van der Waals surface area contributed by atoms with Crippen LogP contribution in [0.25, 0.3) is 11.4 Å². The van der Waals surface area contributed by atoms with E-state index in [-0.39, 0.29) is 18.8 Å². The maximum absolute atomic E-state index is 12.7. The van der Waals surface area contributed by atoms with Crippen molar-refractivity contribution in [2.75, 3.05) is 37.0 Å². The third-order valence-corrected chi connectivity index (χ3v) is 5.57. The zero-order chi connectivity index (χ0) is 24.9. The predicted octanol–water partition coefficient (Wildman–Crippen LogP) is 3.30. The number of nitrogens with zero attached hydrogens (tertiary/aromatic N) is 3. The summed E-state index contributed by atoms with van der Waals surface area (Å²) in [5, 5.41) is 7.50. The molecule has 0 aromatic carbocycles. The Hall–Kier alpha value is -2.76. The van der Waals surface area contributed by atoms with Crippen LogP contribution in [0.4, 0.5) is 15.7 Å². The summed E-state index contributed by atoms with van der Waals surface area (Å²) in [6.45, 7) is 10.9. The smallest absolute Gasteiger partial charge is 0.408 e. The van der Waals surface area contributed by atoms with Gasteiger partial charge < -0.3 is 29.7 Å². The number of thiazole rings is 1. The number of methoxy groups -OCH3 is 1. The number of aromatic nitrogens is 2. The fourth-order valence-corrected chi connectivity index (χ4v) is 4.25. The Bertz CT molecular complexity index is 982. The minimum atomic E-state index is -0.932. The van der Waals surface area contributed by atoms with E-state index in [1.807, 2.05) is 23.6 Å². The molecule has 2 amide bonds. The van der Waals surface area contributed by atoms with Crippen molar-refractivity contribution < 1.29 is 23.8 Å². The van der Waals surface area contributed by atoms with E-state index in [2.05, 4.69) is 34.4 Å².